The first-order valence-corrected chi connectivity index (χ1v) is 9.43. The van der Waals surface area contributed by atoms with Crippen molar-refractivity contribution < 1.29 is 9.90 Å². The molecule has 1 aliphatic heterocycles. The van der Waals surface area contributed by atoms with Gasteiger partial charge >= 0.3 is 5.97 Å². The van der Waals surface area contributed by atoms with E-state index in [1.807, 2.05) is 6.07 Å². The van der Waals surface area contributed by atoms with Crippen LogP contribution in [0.1, 0.15) is 45.4 Å². The van der Waals surface area contributed by atoms with E-state index in [4.69, 9.17) is 0 Å². The molecule has 1 heterocycles. The van der Waals surface area contributed by atoms with E-state index in [2.05, 4.69) is 66.9 Å². The first-order valence-electron chi connectivity index (χ1n) is 9.43. The maximum Gasteiger partial charge on any atom is 0.336 e. The fourth-order valence-electron chi connectivity index (χ4n) is 4.87. The van der Waals surface area contributed by atoms with Crippen LogP contribution < -0.4 is 5.32 Å². The second-order valence-electron chi connectivity index (χ2n) is 7.57. The van der Waals surface area contributed by atoms with Crippen molar-refractivity contribution in [2.45, 2.75) is 25.3 Å². The number of carboxylic acids is 1. The van der Waals surface area contributed by atoms with Gasteiger partial charge in [0, 0.05) is 11.6 Å². The second-order valence-corrected chi connectivity index (χ2v) is 7.57. The van der Waals surface area contributed by atoms with Crippen molar-refractivity contribution in [1.82, 2.24) is 0 Å². The fraction of sp³-hybridized carbons (Fsp3) is 0.208. The summed E-state index contributed by atoms with van der Waals surface area (Å²) in [6.45, 7) is 2.05. The van der Waals surface area contributed by atoms with Crippen molar-refractivity contribution in [1.29, 1.82) is 0 Å². The predicted molar refractivity (Wildman–Crippen MR) is 108 cm³/mol. The minimum atomic E-state index is -0.851. The minimum Gasteiger partial charge on any atom is -0.478 e. The molecule has 0 saturated carbocycles. The number of aryl methyl sites for hydroxylation is 1. The van der Waals surface area contributed by atoms with Gasteiger partial charge in [-0.15, -0.1) is 0 Å². The Labute approximate surface area is 158 Å². The molecule has 2 aliphatic rings. The molecule has 0 aromatic heterocycles. The number of allylic oxidation sites excluding steroid dienone is 2. The zero-order valence-electron chi connectivity index (χ0n) is 15.1. The van der Waals surface area contributed by atoms with Crippen molar-refractivity contribution in [3.05, 3.63) is 89.0 Å². The zero-order valence-corrected chi connectivity index (χ0v) is 15.1. The zero-order chi connectivity index (χ0) is 18.5. The Bertz CT molecular complexity index is 1090. The van der Waals surface area contributed by atoms with Gasteiger partial charge in [-0.2, -0.15) is 0 Å². The van der Waals surface area contributed by atoms with E-state index in [0.29, 0.717) is 11.5 Å². The standard InChI is InChI=1S/C24H21NO2/c1-14-12-13-20(24(26)27)21-17-9-5-11-19(17)23(25-22(14)21)18-10-4-7-15-6-2-3-8-16(15)18/h2-10,12-13,17,19,23,25H,11H2,1H3,(H,26,27)/t17-,19-,23+/m0/s1. The van der Waals surface area contributed by atoms with E-state index < -0.39 is 5.97 Å². The van der Waals surface area contributed by atoms with Crippen molar-refractivity contribution in [2.75, 3.05) is 5.32 Å². The molecule has 3 heteroatoms. The molecule has 1 aliphatic carbocycles. The van der Waals surface area contributed by atoms with Crippen LogP contribution in [0.5, 0.6) is 0 Å². The van der Waals surface area contributed by atoms with Gasteiger partial charge in [0.2, 0.25) is 0 Å². The highest BCUT2D eigenvalue weighted by Gasteiger charge is 2.40. The number of aromatic carboxylic acids is 1. The van der Waals surface area contributed by atoms with E-state index in [1.165, 1.54) is 16.3 Å². The van der Waals surface area contributed by atoms with Crippen molar-refractivity contribution >= 4 is 22.4 Å². The van der Waals surface area contributed by atoms with Gasteiger partial charge < -0.3 is 10.4 Å². The number of carbonyl (C=O) groups is 1. The lowest BCUT2D eigenvalue weighted by Gasteiger charge is -2.39. The van der Waals surface area contributed by atoms with E-state index >= 15 is 0 Å². The van der Waals surface area contributed by atoms with Crippen LogP contribution in [0, 0.1) is 12.8 Å². The van der Waals surface area contributed by atoms with Gasteiger partial charge in [-0.05, 0) is 52.8 Å². The molecular weight excluding hydrogens is 334 g/mol. The summed E-state index contributed by atoms with van der Waals surface area (Å²) in [5.74, 6) is -0.393. The number of rotatable bonds is 2. The van der Waals surface area contributed by atoms with Crippen LogP contribution in [0.3, 0.4) is 0 Å². The summed E-state index contributed by atoms with van der Waals surface area (Å²) in [4.78, 5) is 11.8. The number of hydrogen-bond acceptors (Lipinski definition) is 2. The van der Waals surface area contributed by atoms with E-state index in [-0.39, 0.29) is 12.0 Å². The maximum atomic E-state index is 11.8. The molecule has 27 heavy (non-hydrogen) atoms. The molecule has 0 spiro atoms. The molecule has 134 valence electrons. The Morgan fingerprint density at radius 3 is 2.74 bits per heavy atom. The monoisotopic (exact) mass is 355 g/mol. The number of benzene rings is 3. The summed E-state index contributed by atoms with van der Waals surface area (Å²) in [5.41, 5.74) is 4.73. The number of nitrogens with one attached hydrogen (secondary N) is 1. The van der Waals surface area contributed by atoms with Gasteiger partial charge in [0.1, 0.15) is 0 Å². The molecule has 3 aromatic rings. The molecule has 2 N–H and O–H groups in total. The molecule has 0 saturated heterocycles. The third-order valence-corrected chi connectivity index (χ3v) is 6.12. The van der Waals surface area contributed by atoms with E-state index in [0.717, 1.165) is 23.2 Å². The Hall–Kier alpha value is -3.07. The smallest absolute Gasteiger partial charge is 0.336 e. The van der Waals surface area contributed by atoms with Crippen LogP contribution in [0.2, 0.25) is 0 Å². The molecule has 3 aromatic carbocycles. The third kappa shape index (κ3) is 2.38. The normalized spacial score (nSPS) is 22.9. The molecule has 3 nitrogen and oxygen atoms in total. The lowest BCUT2D eigenvalue weighted by atomic mass is 9.74. The van der Waals surface area contributed by atoms with Gasteiger partial charge in [-0.3, -0.25) is 0 Å². The van der Waals surface area contributed by atoms with Crippen LogP contribution in [-0.4, -0.2) is 11.1 Å². The second kappa shape index (κ2) is 5.98. The average molecular weight is 355 g/mol. The van der Waals surface area contributed by atoms with Crippen molar-refractivity contribution in [2.24, 2.45) is 5.92 Å². The molecular formula is C24H21NO2. The highest BCUT2D eigenvalue weighted by Crippen LogP contribution is 2.52. The fourth-order valence-corrected chi connectivity index (χ4v) is 4.87. The van der Waals surface area contributed by atoms with Crippen LogP contribution in [-0.2, 0) is 0 Å². The van der Waals surface area contributed by atoms with Crippen LogP contribution >= 0.6 is 0 Å². The average Bonchev–Trinajstić information content (AvgIpc) is 3.17. The number of carboxylic acid groups (broad SMARTS) is 1. The third-order valence-electron chi connectivity index (χ3n) is 6.12. The molecule has 0 radical (unpaired) electrons. The molecule has 0 fully saturated rings. The van der Waals surface area contributed by atoms with Gasteiger partial charge in [0.15, 0.2) is 0 Å². The summed E-state index contributed by atoms with van der Waals surface area (Å²) < 4.78 is 0. The Kier molecular flexibility index (Phi) is 3.57. The van der Waals surface area contributed by atoms with E-state index in [9.17, 15) is 9.90 Å². The summed E-state index contributed by atoms with van der Waals surface area (Å²) in [7, 11) is 0. The van der Waals surface area contributed by atoms with E-state index in [1.54, 1.807) is 6.07 Å². The van der Waals surface area contributed by atoms with Crippen molar-refractivity contribution in [3.8, 4) is 0 Å². The lowest BCUT2D eigenvalue weighted by Crippen LogP contribution is -2.31. The molecule has 5 rings (SSSR count). The van der Waals surface area contributed by atoms with Crippen LogP contribution in [0.15, 0.2) is 66.7 Å². The molecule has 0 unspecified atom stereocenters. The Balaban J connectivity index is 1.72. The topological polar surface area (TPSA) is 49.3 Å². The number of anilines is 1. The first-order chi connectivity index (χ1) is 13.1. The predicted octanol–water partition coefficient (Wildman–Crippen LogP) is 5.67. The highest BCUT2D eigenvalue weighted by molar-refractivity contribution is 5.93. The van der Waals surface area contributed by atoms with Gasteiger partial charge in [0.05, 0.1) is 11.6 Å². The summed E-state index contributed by atoms with van der Waals surface area (Å²) in [6, 6.07) is 18.8. The highest BCUT2D eigenvalue weighted by atomic mass is 16.4. The van der Waals surface area contributed by atoms with Gasteiger partial charge in [0.25, 0.3) is 0 Å². The van der Waals surface area contributed by atoms with Crippen LogP contribution in [0.4, 0.5) is 5.69 Å². The largest absolute Gasteiger partial charge is 0.478 e. The van der Waals surface area contributed by atoms with Crippen LogP contribution in [0.25, 0.3) is 10.8 Å². The molecule has 0 amide bonds. The van der Waals surface area contributed by atoms with Gasteiger partial charge in [-0.25, -0.2) is 4.79 Å². The molecule has 3 atom stereocenters. The number of hydrogen-bond donors (Lipinski definition) is 2. The van der Waals surface area contributed by atoms with Crippen molar-refractivity contribution in [3.63, 3.8) is 0 Å². The first kappa shape index (κ1) is 16.1. The summed E-state index contributed by atoms with van der Waals surface area (Å²) in [6.07, 6.45) is 5.37. The van der Waals surface area contributed by atoms with Gasteiger partial charge in [-0.1, -0.05) is 60.7 Å². The summed E-state index contributed by atoms with van der Waals surface area (Å²) >= 11 is 0. The quantitative estimate of drug-likeness (QED) is 0.582. The minimum absolute atomic E-state index is 0.135. The SMILES string of the molecule is Cc1ccc(C(=O)O)c2c1N[C@H](c1cccc3ccccc13)[C@H]1CC=C[C@H]21. The Morgan fingerprint density at radius 1 is 1.07 bits per heavy atom. The lowest BCUT2D eigenvalue weighted by molar-refractivity contribution is 0.0695. The summed E-state index contributed by atoms with van der Waals surface area (Å²) in [5, 5.41) is 16.0. The maximum absolute atomic E-state index is 11.8. The Morgan fingerprint density at radius 2 is 1.89 bits per heavy atom. The molecule has 0 bridgehead atoms. The number of fused-ring (bicyclic) bond motifs is 4.